The van der Waals surface area contributed by atoms with Gasteiger partial charge in [-0.15, -0.1) is 0 Å². The van der Waals surface area contributed by atoms with Crippen LogP contribution in [-0.2, 0) is 6.42 Å². The van der Waals surface area contributed by atoms with Gasteiger partial charge in [-0.1, -0.05) is 28.1 Å². The molecule has 0 amide bonds. The van der Waals surface area contributed by atoms with E-state index in [-0.39, 0.29) is 5.56 Å². The Labute approximate surface area is 96.5 Å². The highest BCUT2D eigenvalue weighted by atomic mass is 79.9. The van der Waals surface area contributed by atoms with E-state index in [4.69, 9.17) is 10.4 Å². The van der Waals surface area contributed by atoms with E-state index < -0.39 is 10.3 Å². The normalized spacial score (nSPS) is 13.9. The molecule has 0 bridgehead atoms. The van der Waals surface area contributed by atoms with Crippen LogP contribution in [-0.4, -0.2) is 15.4 Å². The minimum atomic E-state index is -0.954. The third-order valence-electron chi connectivity index (χ3n) is 1.94. The van der Waals surface area contributed by atoms with Crippen LogP contribution >= 0.6 is 15.9 Å². The molecule has 0 radical (unpaired) electrons. The van der Waals surface area contributed by atoms with Crippen LogP contribution in [0.2, 0.25) is 0 Å². The summed E-state index contributed by atoms with van der Waals surface area (Å²) in [5.74, 6) is -0.954. The number of carbonyl (C=O) groups is 1. The van der Waals surface area contributed by atoms with Crippen LogP contribution in [0.15, 0.2) is 24.3 Å². The molecule has 1 unspecified atom stereocenters. The van der Waals surface area contributed by atoms with Crippen LogP contribution in [0.3, 0.4) is 0 Å². The predicted molar refractivity (Wildman–Crippen MR) is 60.1 cm³/mol. The molecule has 0 saturated carbocycles. The Bertz CT molecular complexity index is 421. The number of carboxylic acids is 1. The van der Waals surface area contributed by atoms with E-state index in [2.05, 4.69) is 22.0 Å². The van der Waals surface area contributed by atoms with Crippen LogP contribution in [0.1, 0.15) is 22.8 Å². The van der Waals surface area contributed by atoms with Crippen molar-refractivity contribution in [1.29, 1.82) is 5.26 Å². The first-order valence-electron chi connectivity index (χ1n) is 4.37. The number of hydrogen-bond donors (Lipinski definition) is 1. The Kier molecular flexibility index (Phi) is 3.48. The van der Waals surface area contributed by atoms with Gasteiger partial charge >= 0.3 is 5.97 Å². The zero-order valence-corrected chi connectivity index (χ0v) is 9.78. The molecule has 15 heavy (non-hydrogen) atoms. The molecule has 1 aromatic rings. The second-order valence-corrected chi connectivity index (χ2v) is 5.24. The van der Waals surface area contributed by atoms with Gasteiger partial charge in [-0.3, -0.25) is 0 Å². The summed E-state index contributed by atoms with van der Waals surface area (Å²) >= 11 is 3.27. The highest BCUT2D eigenvalue weighted by Crippen LogP contribution is 2.22. The van der Waals surface area contributed by atoms with E-state index >= 15 is 0 Å². The van der Waals surface area contributed by atoms with Gasteiger partial charge in [-0.2, -0.15) is 5.26 Å². The van der Waals surface area contributed by atoms with Crippen LogP contribution in [0.25, 0.3) is 0 Å². The second-order valence-electron chi connectivity index (χ2n) is 3.49. The molecule has 1 rings (SSSR count). The summed E-state index contributed by atoms with van der Waals surface area (Å²) in [6.45, 7) is 1.75. The third-order valence-corrected chi connectivity index (χ3v) is 2.40. The zero-order valence-electron chi connectivity index (χ0n) is 8.20. The maximum atomic E-state index is 10.7. The molecule has 0 heterocycles. The summed E-state index contributed by atoms with van der Waals surface area (Å²) in [5.41, 5.74) is 1.07. The Morgan fingerprint density at radius 3 is 2.87 bits per heavy atom. The molecule has 0 aliphatic heterocycles. The first-order valence-corrected chi connectivity index (χ1v) is 5.16. The lowest BCUT2D eigenvalue weighted by molar-refractivity contribution is 0.0696. The fourth-order valence-corrected chi connectivity index (χ4v) is 1.56. The summed E-state index contributed by atoms with van der Waals surface area (Å²) in [6, 6.07) is 8.71. The summed E-state index contributed by atoms with van der Waals surface area (Å²) in [5, 5.41) is 17.6. The van der Waals surface area contributed by atoms with Gasteiger partial charge in [0.05, 0.1) is 11.6 Å². The molecule has 1 aromatic carbocycles. The average molecular weight is 268 g/mol. The van der Waals surface area contributed by atoms with Crippen molar-refractivity contribution < 1.29 is 9.90 Å². The number of nitrogens with zero attached hydrogens (tertiary/aromatic N) is 1. The molecule has 0 aliphatic rings. The smallest absolute Gasteiger partial charge is 0.335 e. The quantitative estimate of drug-likeness (QED) is 0.857. The van der Waals surface area contributed by atoms with Crippen molar-refractivity contribution in [1.82, 2.24) is 0 Å². The van der Waals surface area contributed by atoms with E-state index in [1.807, 2.05) is 6.07 Å². The van der Waals surface area contributed by atoms with Crippen molar-refractivity contribution in [2.45, 2.75) is 17.7 Å². The molecule has 0 spiro atoms. The number of hydrogen-bond acceptors (Lipinski definition) is 2. The largest absolute Gasteiger partial charge is 0.478 e. The summed E-state index contributed by atoms with van der Waals surface area (Å²) in [4.78, 5) is 10.7. The highest BCUT2D eigenvalue weighted by molar-refractivity contribution is 9.10. The zero-order chi connectivity index (χ0) is 11.5. The van der Waals surface area contributed by atoms with E-state index in [1.165, 1.54) is 6.07 Å². The maximum absolute atomic E-state index is 10.7. The van der Waals surface area contributed by atoms with Gasteiger partial charge in [0.1, 0.15) is 4.32 Å². The summed E-state index contributed by atoms with van der Waals surface area (Å²) in [6.07, 6.45) is 0.477. The van der Waals surface area contributed by atoms with Gasteiger partial charge in [0.2, 0.25) is 0 Å². The molecule has 1 N–H and O–H groups in total. The van der Waals surface area contributed by atoms with E-state index in [9.17, 15) is 4.79 Å². The number of alkyl halides is 1. The number of benzene rings is 1. The molecule has 1 atom stereocenters. The van der Waals surface area contributed by atoms with Gasteiger partial charge in [0, 0.05) is 6.42 Å². The fourth-order valence-electron chi connectivity index (χ4n) is 1.24. The van der Waals surface area contributed by atoms with Crippen molar-refractivity contribution in [3.63, 3.8) is 0 Å². The van der Waals surface area contributed by atoms with Crippen molar-refractivity contribution >= 4 is 21.9 Å². The standard InChI is InChI=1S/C11H10BrNO2/c1-11(12,7-13)6-8-3-2-4-9(5-8)10(14)15/h2-5H,6H2,1H3,(H,14,15). The average Bonchev–Trinajstić information content (AvgIpc) is 2.17. The molecule has 3 nitrogen and oxygen atoms in total. The summed E-state index contributed by atoms with van der Waals surface area (Å²) in [7, 11) is 0. The fraction of sp³-hybridized carbons (Fsp3) is 0.273. The Balaban J connectivity index is 2.93. The van der Waals surface area contributed by atoms with Gasteiger partial charge in [0.25, 0.3) is 0 Å². The second kappa shape index (κ2) is 4.45. The molecule has 0 saturated heterocycles. The van der Waals surface area contributed by atoms with Gasteiger partial charge in [-0.25, -0.2) is 4.79 Å². The lowest BCUT2D eigenvalue weighted by Crippen LogP contribution is -2.16. The molecule has 78 valence electrons. The maximum Gasteiger partial charge on any atom is 0.335 e. The third kappa shape index (κ3) is 3.37. The molecular weight excluding hydrogens is 258 g/mol. The summed E-state index contributed by atoms with van der Waals surface area (Å²) < 4.78 is -0.649. The van der Waals surface area contributed by atoms with Crippen LogP contribution in [0, 0.1) is 11.3 Å². The minimum Gasteiger partial charge on any atom is -0.478 e. The number of nitriles is 1. The lowest BCUT2D eigenvalue weighted by atomic mass is 10.0. The van der Waals surface area contributed by atoms with Gasteiger partial charge in [0.15, 0.2) is 0 Å². The minimum absolute atomic E-state index is 0.244. The van der Waals surface area contributed by atoms with Gasteiger partial charge < -0.3 is 5.11 Å². The molecule has 0 aliphatic carbocycles. The Morgan fingerprint density at radius 2 is 2.33 bits per heavy atom. The van der Waals surface area contributed by atoms with Crippen molar-refractivity contribution in [2.75, 3.05) is 0 Å². The Morgan fingerprint density at radius 1 is 1.67 bits per heavy atom. The topological polar surface area (TPSA) is 61.1 Å². The molecular formula is C11H10BrNO2. The van der Waals surface area contributed by atoms with Crippen LogP contribution in [0.4, 0.5) is 0 Å². The first kappa shape index (κ1) is 11.7. The van der Waals surface area contributed by atoms with Crippen molar-refractivity contribution in [3.8, 4) is 6.07 Å². The Hall–Kier alpha value is -1.34. The predicted octanol–water partition coefficient (Wildman–Crippen LogP) is 2.60. The monoisotopic (exact) mass is 267 g/mol. The lowest BCUT2D eigenvalue weighted by Gasteiger charge is -2.12. The molecule has 0 aromatic heterocycles. The van der Waals surface area contributed by atoms with Crippen molar-refractivity contribution in [3.05, 3.63) is 35.4 Å². The van der Waals surface area contributed by atoms with Crippen LogP contribution in [0.5, 0.6) is 0 Å². The van der Waals surface area contributed by atoms with E-state index in [0.717, 1.165) is 5.56 Å². The SMILES string of the molecule is CC(Br)(C#N)Cc1cccc(C(=O)O)c1. The van der Waals surface area contributed by atoms with E-state index in [0.29, 0.717) is 6.42 Å². The first-order chi connectivity index (χ1) is 6.94. The number of aromatic carboxylic acids is 1. The number of halogens is 1. The molecule has 4 heteroatoms. The molecule has 0 fully saturated rings. The van der Waals surface area contributed by atoms with Crippen molar-refractivity contribution in [2.24, 2.45) is 0 Å². The number of rotatable bonds is 3. The van der Waals surface area contributed by atoms with Crippen LogP contribution < -0.4 is 0 Å². The highest BCUT2D eigenvalue weighted by Gasteiger charge is 2.20. The van der Waals surface area contributed by atoms with E-state index in [1.54, 1.807) is 19.1 Å². The van der Waals surface area contributed by atoms with Gasteiger partial charge in [-0.05, 0) is 24.6 Å². The number of carboxylic acid groups (broad SMARTS) is 1.